The van der Waals surface area contributed by atoms with Gasteiger partial charge in [-0.1, -0.05) is 12.1 Å². The van der Waals surface area contributed by atoms with Crippen molar-refractivity contribution in [3.63, 3.8) is 0 Å². The number of carbonyl (C=O) groups excluding carboxylic acids is 1. The number of hydrogen-bond donors (Lipinski definition) is 1. The van der Waals surface area contributed by atoms with Gasteiger partial charge in [0.2, 0.25) is 0 Å². The van der Waals surface area contributed by atoms with Crippen molar-refractivity contribution in [1.82, 2.24) is 4.72 Å². The quantitative estimate of drug-likeness (QED) is 0.453. The van der Waals surface area contributed by atoms with E-state index in [-0.39, 0.29) is 72.4 Å². The van der Waals surface area contributed by atoms with Crippen LogP contribution in [-0.4, -0.2) is 14.3 Å². The molecule has 0 saturated carbocycles. The molecule has 1 aromatic carbocycles. The average Bonchev–Trinajstić information content (AvgIpc) is 2.25. The van der Waals surface area contributed by atoms with Crippen molar-refractivity contribution in [3.05, 3.63) is 29.8 Å². The van der Waals surface area contributed by atoms with Crippen molar-refractivity contribution in [2.75, 3.05) is 0 Å². The normalized spacial score (nSPS) is 15.9. The largest absolute Gasteiger partial charge is 1.00 e. The van der Waals surface area contributed by atoms with Crippen LogP contribution in [0.5, 0.6) is 0 Å². The molecule has 1 N–H and O–H groups in total. The number of fused-ring (bicyclic) bond motifs is 1. The second-order valence-corrected chi connectivity index (χ2v) is 4.08. The molecule has 0 spiro atoms. The second kappa shape index (κ2) is 5.12. The Bertz CT molecular complexity index is 466. The van der Waals surface area contributed by atoms with Crippen molar-refractivity contribution in [2.24, 2.45) is 0 Å². The fraction of sp³-hybridized carbons (Fsp3) is 0. The van der Waals surface area contributed by atoms with E-state index in [9.17, 15) is 13.2 Å². The van der Waals surface area contributed by atoms with E-state index in [0.717, 1.165) is 0 Å². The number of hydrogen-bond acceptors (Lipinski definition) is 3. The molecule has 0 aliphatic carbocycles. The van der Waals surface area contributed by atoms with E-state index in [1.54, 1.807) is 12.1 Å². The van der Waals surface area contributed by atoms with Crippen LogP contribution in [0.4, 0.5) is 0 Å². The van der Waals surface area contributed by atoms with Crippen molar-refractivity contribution < 1.29 is 75.2 Å². The van der Waals surface area contributed by atoms with Crippen LogP contribution in [0, 0.1) is 0 Å². The first kappa shape index (κ1) is 14.6. The first-order valence-corrected chi connectivity index (χ1v) is 4.76. The molecule has 1 aliphatic rings. The van der Waals surface area contributed by atoms with Crippen LogP contribution >= 0.6 is 0 Å². The zero-order chi connectivity index (χ0) is 8.77. The summed E-state index contributed by atoms with van der Waals surface area (Å²) in [7, 11) is -3.55. The standard InChI is InChI=1S/C7H5NO3S.2Na.2H/c9-7-5-3-1-2-4-6(5)12(10,11)8-7;;;;/h1-4H,(H,8,9);;;;/q;2*+1;2*-1. The Balaban J connectivity index is -0.000000422. The molecule has 0 bridgehead atoms. The predicted molar refractivity (Wildman–Crippen MR) is 43.3 cm³/mol. The van der Waals surface area contributed by atoms with Gasteiger partial charge >= 0.3 is 59.1 Å². The zero-order valence-corrected chi connectivity index (χ0v) is 12.8. The van der Waals surface area contributed by atoms with Gasteiger partial charge in [0, 0.05) is 0 Å². The molecule has 0 unspecified atom stereocenters. The Labute approximate surface area is 129 Å². The maximum Gasteiger partial charge on any atom is 1.00 e. The van der Waals surface area contributed by atoms with E-state index in [1.807, 2.05) is 4.72 Å². The summed E-state index contributed by atoms with van der Waals surface area (Å²) in [6.07, 6.45) is 0. The molecule has 0 fully saturated rings. The monoisotopic (exact) mass is 231 g/mol. The van der Waals surface area contributed by atoms with Crippen LogP contribution in [0.2, 0.25) is 0 Å². The Morgan fingerprint density at radius 1 is 1.14 bits per heavy atom. The third kappa shape index (κ3) is 2.41. The number of rotatable bonds is 0. The maximum absolute atomic E-state index is 11.1. The SMILES string of the molecule is O=C1NS(=O)(=O)c2ccccc21.[H-].[H-].[Na+].[Na+]. The number of sulfonamides is 1. The summed E-state index contributed by atoms with van der Waals surface area (Å²) in [5.41, 5.74) is 0.220. The topological polar surface area (TPSA) is 63.2 Å². The van der Waals surface area contributed by atoms with Crippen LogP contribution in [0.15, 0.2) is 29.2 Å². The van der Waals surface area contributed by atoms with Crippen molar-refractivity contribution in [3.8, 4) is 0 Å². The number of amides is 1. The first-order chi connectivity index (χ1) is 5.61. The fourth-order valence-corrected chi connectivity index (χ4v) is 2.29. The van der Waals surface area contributed by atoms with Gasteiger partial charge < -0.3 is 2.85 Å². The van der Waals surface area contributed by atoms with Crippen molar-refractivity contribution >= 4 is 15.9 Å². The molecule has 0 saturated heterocycles. The summed E-state index contributed by atoms with van der Waals surface area (Å²) >= 11 is 0. The van der Waals surface area contributed by atoms with Crippen molar-refractivity contribution in [2.45, 2.75) is 4.90 Å². The van der Waals surface area contributed by atoms with E-state index in [4.69, 9.17) is 0 Å². The number of carbonyl (C=O) groups is 1. The van der Waals surface area contributed by atoms with Crippen LogP contribution in [0.3, 0.4) is 0 Å². The molecular formula is C7H7NNa2O3S. The molecule has 0 aromatic heterocycles. The minimum atomic E-state index is -3.55. The van der Waals surface area contributed by atoms with Gasteiger partial charge in [-0.25, -0.2) is 13.1 Å². The van der Waals surface area contributed by atoms with Gasteiger partial charge in [-0.15, -0.1) is 0 Å². The molecule has 1 heterocycles. The molecule has 7 heteroatoms. The van der Waals surface area contributed by atoms with Crippen LogP contribution in [0.1, 0.15) is 13.2 Å². The van der Waals surface area contributed by atoms with Crippen molar-refractivity contribution in [1.29, 1.82) is 0 Å². The molecule has 2 rings (SSSR count). The molecule has 0 radical (unpaired) electrons. The second-order valence-electron chi connectivity index (χ2n) is 2.43. The van der Waals surface area contributed by atoms with Crippen LogP contribution in [0.25, 0.3) is 0 Å². The Morgan fingerprint density at radius 2 is 1.71 bits per heavy atom. The number of nitrogens with one attached hydrogen (secondary N) is 1. The minimum Gasteiger partial charge on any atom is -1.00 e. The molecule has 1 aromatic rings. The summed E-state index contributed by atoms with van der Waals surface area (Å²) in [5, 5.41) is 0. The molecule has 4 nitrogen and oxygen atoms in total. The average molecular weight is 231 g/mol. The molecule has 1 aliphatic heterocycles. The van der Waals surface area contributed by atoms with Gasteiger partial charge in [0.05, 0.1) is 5.56 Å². The van der Waals surface area contributed by atoms with Gasteiger partial charge in [0.1, 0.15) is 4.90 Å². The van der Waals surface area contributed by atoms with E-state index < -0.39 is 15.9 Å². The van der Waals surface area contributed by atoms with E-state index in [0.29, 0.717) is 0 Å². The minimum absolute atomic E-state index is 0. The maximum atomic E-state index is 11.1. The predicted octanol–water partition coefficient (Wildman–Crippen LogP) is -5.65. The van der Waals surface area contributed by atoms with Gasteiger partial charge in [-0.05, 0) is 12.1 Å². The smallest absolute Gasteiger partial charge is 1.00 e. The summed E-state index contributed by atoms with van der Waals surface area (Å²) < 4.78 is 24.2. The first-order valence-electron chi connectivity index (χ1n) is 3.27. The Morgan fingerprint density at radius 3 is 2.29 bits per heavy atom. The van der Waals surface area contributed by atoms with Gasteiger partial charge in [0.25, 0.3) is 15.9 Å². The third-order valence-electron chi connectivity index (χ3n) is 1.65. The van der Waals surface area contributed by atoms with Gasteiger partial charge in [-0.2, -0.15) is 0 Å². The Hall–Kier alpha value is 0.640. The zero-order valence-electron chi connectivity index (χ0n) is 9.94. The van der Waals surface area contributed by atoms with E-state index in [1.165, 1.54) is 12.1 Å². The summed E-state index contributed by atoms with van der Waals surface area (Å²) in [6, 6.07) is 6.09. The molecule has 14 heavy (non-hydrogen) atoms. The summed E-state index contributed by atoms with van der Waals surface area (Å²) in [5.74, 6) is -0.550. The fourth-order valence-electron chi connectivity index (χ4n) is 1.12. The van der Waals surface area contributed by atoms with Gasteiger partial charge in [0.15, 0.2) is 0 Å². The van der Waals surface area contributed by atoms with Gasteiger partial charge in [-0.3, -0.25) is 4.79 Å². The molecule has 0 atom stereocenters. The Kier molecular flexibility index (Phi) is 5.35. The number of benzene rings is 1. The van der Waals surface area contributed by atoms with E-state index >= 15 is 0 Å². The summed E-state index contributed by atoms with van der Waals surface area (Å²) in [4.78, 5) is 11.1. The summed E-state index contributed by atoms with van der Waals surface area (Å²) in [6.45, 7) is 0. The molecular weight excluding hydrogens is 224 g/mol. The molecule has 66 valence electrons. The van der Waals surface area contributed by atoms with E-state index in [2.05, 4.69) is 0 Å². The molecule has 1 amide bonds. The van der Waals surface area contributed by atoms with Crippen LogP contribution < -0.4 is 63.8 Å². The third-order valence-corrected chi connectivity index (χ3v) is 3.04. The van der Waals surface area contributed by atoms with Crippen LogP contribution in [-0.2, 0) is 10.0 Å².